The van der Waals surface area contributed by atoms with E-state index in [9.17, 15) is 14.9 Å². The second kappa shape index (κ2) is 6.36. The van der Waals surface area contributed by atoms with E-state index in [0.29, 0.717) is 17.3 Å². The normalized spacial score (nSPS) is 10.4. The Morgan fingerprint density at radius 3 is 2.81 bits per heavy atom. The van der Waals surface area contributed by atoms with E-state index in [2.05, 4.69) is 10.4 Å². The van der Waals surface area contributed by atoms with Crippen LogP contribution in [0.3, 0.4) is 0 Å². The van der Waals surface area contributed by atoms with Crippen LogP contribution in [0.2, 0.25) is 5.02 Å². The number of amides is 1. The molecule has 0 aliphatic carbocycles. The number of nitrogens with zero attached hydrogens (tertiary/aromatic N) is 3. The third kappa shape index (κ3) is 3.38. The number of nitrogens with one attached hydrogen (secondary N) is 1. The molecule has 0 saturated heterocycles. The number of halogens is 1. The van der Waals surface area contributed by atoms with Crippen molar-refractivity contribution in [1.29, 1.82) is 0 Å². The van der Waals surface area contributed by atoms with Gasteiger partial charge in [-0.15, -0.1) is 0 Å². The number of aromatic nitrogens is 2. The highest BCUT2D eigenvalue weighted by Crippen LogP contribution is 2.18. The highest BCUT2D eigenvalue weighted by atomic mass is 35.5. The highest BCUT2D eigenvalue weighted by molar-refractivity contribution is 6.31. The maximum absolute atomic E-state index is 12.0. The van der Waals surface area contributed by atoms with E-state index in [1.165, 1.54) is 18.2 Å². The molecule has 0 aliphatic heterocycles. The number of hydrogen-bond acceptors (Lipinski definition) is 4. The fraction of sp³-hybridized carbons (Fsp3) is 0.231. The number of carbonyl (C=O) groups is 1. The first-order chi connectivity index (χ1) is 10.0. The molecule has 1 aromatic heterocycles. The van der Waals surface area contributed by atoms with Crippen LogP contribution in [0.15, 0.2) is 30.5 Å². The lowest BCUT2D eigenvalue weighted by molar-refractivity contribution is -0.385. The molecule has 21 heavy (non-hydrogen) atoms. The molecule has 1 N–H and O–H groups in total. The number of para-hydroxylation sites is 1. The van der Waals surface area contributed by atoms with Crippen LogP contribution in [0.4, 0.5) is 5.69 Å². The molecule has 2 rings (SSSR count). The zero-order valence-corrected chi connectivity index (χ0v) is 12.0. The standard InChI is InChI=1S/C13H13ClN4O3/c1-2-17-8-10(14)11(16-17)7-15-13(19)9-5-3-4-6-12(9)18(20)21/h3-6,8H,2,7H2,1H3,(H,15,19). The quantitative estimate of drug-likeness (QED) is 0.678. The summed E-state index contributed by atoms with van der Waals surface area (Å²) in [5.74, 6) is -0.538. The molecule has 1 heterocycles. The number of nitro benzene ring substituents is 1. The van der Waals surface area contributed by atoms with E-state index < -0.39 is 10.8 Å². The third-order valence-electron chi connectivity index (χ3n) is 2.87. The van der Waals surface area contributed by atoms with E-state index in [1.54, 1.807) is 16.9 Å². The van der Waals surface area contributed by atoms with Crippen molar-refractivity contribution < 1.29 is 9.72 Å². The first-order valence-corrected chi connectivity index (χ1v) is 6.64. The van der Waals surface area contributed by atoms with Crippen LogP contribution in [0.25, 0.3) is 0 Å². The Morgan fingerprint density at radius 1 is 1.48 bits per heavy atom. The van der Waals surface area contributed by atoms with E-state index in [-0.39, 0.29) is 17.8 Å². The maximum atomic E-state index is 12.0. The fourth-order valence-electron chi connectivity index (χ4n) is 1.80. The lowest BCUT2D eigenvalue weighted by atomic mass is 10.1. The average molecular weight is 309 g/mol. The maximum Gasteiger partial charge on any atom is 0.282 e. The smallest absolute Gasteiger partial charge is 0.282 e. The predicted molar refractivity (Wildman–Crippen MR) is 77.2 cm³/mol. The summed E-state index contributed by atoms with van der Waals surface area (Å²) in [6.45, 7) is 2.69. The van der Waals surface area contributed by atoms with E-state index in [4.69, 9.17) is 11.6 Å². The van der Waals surface area contributed by atoms with Gasteiger partial charge in [-0.1, -0.05) is 23.7 Å². The number of rotatable bonds is 5. The van der Waals surface area contributed by atoms with Crippen LogP contribution in [0.5, 0.6) is 0 Å². The molecule has 2 aromatic rings. The van der Waals surface area contributed by atoms with E-state index in [0.717, 1.165) is 0 Å². The Labute approximate surface area is 125 Å². The van der Waals surface area contributed by atoms with Crippen molar-refractivity contribution in [1.82, 2.24) is 15.1 Å². The number of carbonyl (C=O) groups excluding carboxylic acids is 1. The second-order valence-corrected chi connectivity index (χ2v) is 4.64. The van der Waals surface area contributed by atoms with Gasteiger partial charge < -0.3 is 5.32 Å². The summed E-state index contributed by atoms with van der Waals surface area (Å²) in [5, 5.41) is 18.1. The lowest BCUT2D eigenvalue weighted by Crippen LogP contribution is -2.24. The average Bonchev–Trinajstić information content (AvgIpc) is 2.85. The molecule has 0 unspecified atom stereocenters. The first kappa shape index (κ1) is 15.0. The van der Waals surface area contributed by atoms with Crippen LogP contribution < -0.4 is 5.32 Å². The Bertz CT molecular complexity index is 684. The number of nitro groups is 1. The topological polar surface area (TPSA) is 90.1 Å². The Hall–Kier alpha value is -2.41. The van der Waals surface area contributed by atoms with Gasteiger partial charge >= 0.3 is 0 Å². The van der Waals surface area contributed by atoms with Gasteiger partial charge in [0.2, 0.25) is 0 Å². The largest absolute Gasteiger partial charge is 0.346 e. The molecule has 0 radical (unpaired) electrons. The molecule has 1 aromatic carbocycles. The molecular formula is C13H13ClN4O3. The summed E-state index contributed by atoms with van der Waals surface area (Å²) in [7, 11) is 0. The van der Waals surface area contributed by atoms with E-state index in [1.807, 2.05) is 6.92 Å². The van der Waals surface area contributed by atoms with Crippen molar-refractivity contribution in [2.75, 3.05) is 0 Å². The molecule has 0 saturated carbocycles. The second-order valence-electron chi connectivity index (χ2n) is 4.24. The zero-order valence-electron chi connectivity index (χ0n) is 11.2. The van der Waals surface area contributed by atoms with Gasteiger partial charge in [0.15, 0.2) is 0 Å². The van der Waals surface area contributed by atoms with Gasteiger partial charge in [-0.3, -0.25) is 19.6 Å². The number of hydrogen-bond donors (Lipinski definition) is 1. The summed E-state index contributed by atoms with van der Waals surface area (Å²) < 4.78 is 1.65. The van der Waals surface area contributed by atoms with Crippen LogP contribution in [-0.4, -0.2) is 20.6 Å². The zero-order chi connectivity index (χ0) is 15.4. The molecule has 8 heteroatoms. The fourth-order valence-corrected chi connectivity index (χ4v) is 2.02. The van der Waals surface area contributed by atoms with E-state index >= 15 is 0 Å². The van der Waals surface area contributed by atoms with Gasteiger partial charge in [0.05, 0.1) is 16.5 Å². The van der Waals surface area contributed by atoms with Gasteiger partial charge in [-0.25, -0.2) is 0 Å². The molecule has 0 fully saturated rings. The Balaban J connectivity index is 2.12. The summed E-state index contributed by atoms with van der Waals surface area (Å²) in [6, 6.07) is 5.77. The molecular weight excluding hydrogens is 296 g/mol. The monoisotopic (exact) mass is 308 g/mol. The number of benzene rings is 1. The number of aryl methyl sites for hydroxylation is 1. The van der Waals surface area contributed by atoms with Crippen LogP contribution >= 0.6 is 11.6 Å². The SMILES string of the molecule is CCn1cc(Cl)c(CNC(=O)c2ccccc2[N+](=O)[O-])n1. The molecule has 7 nitrogen and oxygen atoms in total. The van der Waals surface area contributed by atoms with Crippen LogP contribution in [-0.2, 0) is 13.1 Å². The van der Waals surface area contributed by atoms with Gasteiger partial charge in [0.1, 0.15) is 11.3 Å². The molecule has 110 valence electrons. The Kier molecular flexibility index (Phi) is 4.54. The molecule has 1 amide bonds. The summed E-state index contributed by atoms with van der Waals surface area (Å²) in [5.41, 5.74) is 0.291. The van der Waals surface area contributed by atoms with Crippen LogP contribution in [0, 0.1) is 10.1 Å². The lowest BCUT2D eigenvalue weighted by Gasteiger charge is -2.04. The van der Waals surface area contributed by atoms with Crippen molar-refractivity contribution in [2.45, 2.75) is 20.0 Å². The molecule has 0 spiro atoms. The van der Waals surface area contributed by atoms with Gasteiger partial charge in [0.25, 0.3) is 11.6 Å². The predicted octanol–water partition coefficient (Wildman–Crippen LogP) is 2.39. The summed E-state index contributed by atoms with van der Waals surface area (Å²) >= 11 is 5.99. The molecule has 0 aliphatic rings. The van der Waals surface area contributed by atoms with Crippen molar-refractivity contribution >= 4 is 23.2 Å². The molecule has 0 atom stereocenters. The molecule has 0 bridgehead atoms. The van der Waals surface area contributed by atoms with Gasteiger partial charge in [-0.05, 0) is 13.0 Å². The van der Waals surface area contributed by atoms with Crippen molar-refractivity contribution in [2.24, 2.45) is 0 Å². The minimum Gasteiger partial charge on any atom is -0.346 e. The van der Waals surface area contributed by atoms with Crippen LogP contribution in [0.1, 0.15) is 23.0 Å². The first-order valence-electron chi connectivity index (χ1n) is 6.26. The minimum absolute atomic E-state index is 0.00791. The van der Waals surface area contributed by atoms with Gasteiger partial charge in [0, 0.05) is 18.8 Å². The van der Waals surface area contributed by atoms with Gasteiger partial charge in [-0.2, -0.15) is 5.10 Å². The summed E-state index contributed by atoms with van der Waals surface area (Å²) in [4.78, 5) is 22.3. The van der Waals surface area contributed by atoms with Crippen molar-refractivity contribution in [3.63, 3.8) is 0 Å². The third-order valence-corrected chi connectivity index (χ3v) is 3.19. The summed E-state index contributed by atoms with van der Waals surface area (Å²) in [6.07, 6.45) is 1.66. The van der Waals surface area contributed by atoms with Crippen molar-refractivity contribution in [3.05, 3.63) is 56.9 Å². The minimum atomic E-state index is -0.590. The Morgan fingerprint density at radius 2 is 2.19 bits per heavy atom. The van der Waals surface area contributed by atoms with Crippen molar-refractivity contribution in [3.8, 4) is 0 Å². The highest BCUT2D eigenvalue weighted by Gasteiger charge is 2.19.